The molecular formula is C19H20N2O3. The van der Waals surface area contributed by atoms with E-state index in [1.807, 2.05) is 12.1 Å². The summed E-state index contributed by atoms with van der Waals surface area (Å²) in [5.41, 5.74) is 3.26. The summed E-state index contributed by atoms with van der Waals surface area (Å²) in [5.74, 6) is 0.0700. The lowest BCUT2D eigenvalue weighted by molar-refractivity contribution is 0.0946. The summed E-state index contributed by atoms with van der Waals surface area (Å²) >= 11 is 0. The molecule has 0 atom stereocenters. The number of aryl methyl sites for hydroxylation is 1. The molecule has 124 valence electrons. The first-order chi connectivity index (χ1) is 11.6. The fourth-order valence-corrected chi connectivity index (χ4v) is 3.41. The SMILES string of the molecule is CC(=O)c1ccc(C(=O)N2CCN(C3CC3)c3c(C)cccc32)o1. The molecule has 1 fully saturated rings. The first-order valence-corrected chi connectivity index (χ1v) is 8.35. The van der Waals surface area contributed by atoms with Gasteiger partial charge in [-0.05, 0) is 43.5 Å². The van der Waals surface area contributed by atoms with Crippen LogP contribution in [0.4, 0.5) is 11.4 Å². The van der Waals surface area contributed by atoms with Gasteiger partial charge in [-0.1, -0.05) is 12.1 Å². The maximum Gasteiger partial charge on any atom is 0.294 e. The van der Waals surface area contributed by atoms with Crippen molar-refractivity contribution in [3.63, 3.8) is 0 Å². The molecule has 2 heterocycles. The van der Waals surface area contributed by atoms with Gasteiger partial charge in [0.2, 0.25) is 0 Å². The second kappa shape index (κ2) is 5.51. The van der Waals surface area contributed by atoms with Gasteiger partial charge in [0.25, 0.3) is 5.91 Å². The summed E-state index contributed by atoms with van der Waals surface area (Å²) in [6.45, 7) is 4.97. The third-order valence-electron chi connectivity index (χ3n) is 4.76. The van der Waals surface area contributed by atoms with E-state index in [1.165, 1.54) is 25.3 Å². The number of hydrogen-bond donors (Lipinski definition) is 0. The molecule has 1 aromatic carbocycles. The number of furan rings is 1. The standard InChI is InChI=1S/C19H20N2O3/c1-12-4-3-5-15-18(12)20(14-6-7-14)10-11-21(15)19(23)17-9-8-16(24-17)13(2)22/h3-5,8-9,14H,6-7,10-11H2,1-2H3. The third kappa shape index (κ3) is 2.40. The molecule has 0 N–H and O–H groups in total. The van der Waals surface area contributed by atoms with Gasteiger partial charge in [-0.15, -0.1) is 0 Å². The lowest BCUT2D eigenvalue weighted by atomic mass is 10.1. The van der Waals surface area contributed by atoms with Gasteiger partial charge in [0.05, 0.1) is 11.4 Å². The summed E-state index contributed by atoms with van der Waals surface area (Å²) in [5, 5.41) is 0. The van der Waals surface area contributed by atoms with E-state index in [-0.39, 0.29) is 23.2 Å². The molecule has 0 bridgehead atoms. The lowest BCUT2D eigenvalue weighted by Crippen LogP contribution is -2.45. The zero-order valence-electron chi connectivity index (χ0n) is 13.9. The Balaban J connectivity index is 1.71. The van der Waals surface area contributed by atoms with Gasteiger partial charge < -0.3 is 14.2 Å². The maximum absolute atomic E-state index is 12.9. The number of carbonyl (C=O) groups is 2. The molecule has 0 saturated heterocycles. The smallest absolute Gasteiger partial charge is 0.294 e. The Morgan fingerprint density at radius 2 is 1.83 bits per heavy atom. The highest BCUT2D eigenvalue weighted by molar-refractivity contribution is 6.07. The fraction of sp³-hybridized carbons (Fsp3) is 0.368. The van der Waals surface area contributed by atoms with E-state index in [2.05, 4.69) is 17.9 Å². The Hall–Kier alpha value is -2.56. The molecule has 5 heteroatoms. The van der Waals surface area contributed by atoms with Crippen LogP contribution in [0.3, 0.4) is 0 Å². The summed E-state index contributed by atoms with van der Waals surface area (Å²) in [4.78, 5) is 28.5. The van der Waals surface area contributed by atoms with E-state index in [9.17, 15) is 9.59 Å². The van der Waals surface area contributed by atoms with Crippen molar-refractivity contribution < 1.29 is 14.0 Å². The molecule has 1 aliphatic carbocycles. The van der Waals surface area contributed by atoms with Crippen LogP contribution >= 0.6 is 0 Å². The number of ketones is 1. The molecule has 5 nitrogen and oxygen atoms in total. The Morgan fingerprint density at radius 1 is 1.08 bits per heavy atom. The Bertz CT molecular complexity index is 820. The number of nitrogens with zero attached hydrogens (tertiary/aromatic N) is 2. The van der Waals surface area contributed by atoms with Gasteiger partial charge >= 0.3 is 0 Å². The highest BCUT2D eigenvalue weighted by Gasteiger charge is 2.37. The van der Waals surface area contributed by atoms with Crippen molar-refractivity contribution in [3.8, 4) is 0 Å². The van der Waals surface area contributed by atoms with Crippen molar-refractivity contribution in [3.05, 3.63) is 47.4 Å². The topological polar surface area (TPSA) is 53.8 Å². The third-order valence-corrected chi connectivity index (χ3v) is 4.76. The van der Waals surface area contributed by atoms with Crippen molar-refractivity contribution in [2.75, 3.05) is 22.9 Å². The molecule has 24 heavy (non-hydrogen) atoms. The van der Waals surface area contributed by atoms with Gasteiger partial charge in [-0.3, -0.25) is 9.59 Å². The molecule has 1 saturated carbocycles. The minimum atomic E-state index is -0.190. The van der Waals surface area contributed by atoms with Crippen LogP contribution in [-0.2, 0) is 0 Å². The van der Waals surface area contributed by atoms with Crippen molar-refractivity contribution in [2.24, 2.45) is 0 Å². The average Bonchev–Trinajstić information content (AvgIpc) is 3.29. The average molecular weight is 324 g/mol. The zero-order chi connectivity index (χ0) is 16.8. The van der Waals surface area contributed by atoms with E-state index < -0.39 is 0 Å². The number of carbonyl (C=O) groups excluding carboxylic acids is 2. The highest BCUT2D eigenvalue weighted by Crippen LogP contribution is 2.42. The quantitative estimate of drug-likeness (QED) is 0.812. The summed E-state index contributed by atoms with van der Waals surface area (Å²) < 4.78 is 5.44. The van der Waals surface area contributed by atoms with E-state index in [0.717, 1.165) is 17.9 Å². The van der Waals surface area contributed by atoms with Crippen LogP contribution in [-0.4, -0.2) is 30.8 Å². The normalized spacial score (nSPS) is 16.9. The van der Waals surface area contributed by atoms with E-state index in [1.54, 1.807) is 17.0 Å². The number of para-hydroxylation sites is 1. The predicted octanol–water partition coefficient (Wildman–Crippen LogP) is 3.42. The van der Waals surface area contributed by atoms with Crippen molar-refractivity contribution in [1.29, 1.82) is 0 Å². The lowest BCUT2D eigenvalue weighted by Gasteiger charge is -2.38. The summed E-state index contributed by atoms with van der Waals surface area (Å²) in [6, 6.07) is 9.81. The largest absolute Gasteiger partial charge is 0.448 e. The molecule has 0 spiro atoms. The van der Waals surface area contributed by atoms with Gasteiger partial charge in [0.1, 0.15) is 0 Å². The van der Waals surface area contributed by atoms with Crippen molar-refractivity contribution in [2.45, 2.75) is 32.7 Å². The molecule has 0 radical (unpaired) electrons. The monoisotopic (exact) mass is 324 g/mol. The summed E-state index contributed by atoms with van der Waals surface area (Å²) in [6.07, 6.45) is 2.45. The van der Waals surface area contributed by atoms with Crippen molar-refractivity contribution in [1.82, 2.24) is 0 Å². The van der Waals surface area contributed by atoms with Gasteiger partial charge in [0.15, 0.2) is 17.3 Å². The van der Waals surface area contributed by atoms with Crippen LogP contribution in [0.1, 0.15) is 46.4 Å². The molecule has 4 rings (SSSR count). The molecular weight excluding hydrogens is 304 g/mol. The van der Waals surface area contributed by atoms with Gasteiger partial charge in [-0.2, -0.15) is 0 Å². The van der Waals surface area contributed by atoms with Crippen LogP contribution in [0.2, 0.25) is 0 Å². The number of hydrogen-bond acceptors (Lipinski definition) is 4. The van der Waals surface area contributed by atoms with E-state index in [4.69, 9.17) is 4.42 Å². The molecule has 1 amide bonds. The first kappa shape index (κ1) is 15.0. The molecule has 1 aromatic heterocycles. The Labute approximate surface area is 140 Å². The molecule has 2 aliphatic rings. The number of Topliss-reactive ketones (excluding diaryl/α,β-unsaturated/α-hetero) is 1. The highest BCUT2D eigenvalue weighted by atomic mass is 16.4. The minimum absolute atomic E-state index is 0.177. The van der Waals surface area contributed by atoms with Crippen LogP contribution in [0.15, 0.2) is 34.7 Å². The second-order valence-corrected chi connectivity index (χ2v) is 6.54. The number of benzene rings is 1. The fourth-order valence-electron chi connectivity index (χ4n) is 3.41. The number of amides is 1. The molecule has 0 unspecified atom stereocenters. The second-order valence-electron chi connectivity index (χ2n) is 6.54. The van der Waals surface area contributed by atoms with Gasteiger partial charge in [0, 0.05) is 26.1 Å². The zero-order valence-corrected chi connectivity index (χ0v) is 13.9. The van der Waals surface area contributed by atoms with Crippen LogP contribution in [0.25, 0.3) is 0 Å². The van der Waals surface area contributed by atoms with Crippen LogP contribution in [0, 0.1) is 6.92 Å². The molecule has 1 aliphatic heterocycles. The minimum Gasteiger partial charge on any atom is -0.448 e. The predicted molar refractivity (Wildman–Crippen MR) is 91.9 cm³/mol. The van der Waals surface area contributed by atoms with Gasteiger partial charge in [-0.25, -0.2) is 0 Å². The van der Waals surface area contributed by atoms with Crippen LogP contribution in [0.5, 0.6) is 0 Å². The van der Waals surface area contributed by atoms with E-state index >= 15 is 0 Å². The number of anilines is 2. The Kier molecular flexibility index (Phi) is 3.44. The first-order valence-electron chi connectivity index (χ1n) is 8.35. The molecule has 2 aromatic rings. The number of rotatable bonds is 3. The summed E-state index contributed by atoms with van der Waals surface area (Å²) in [7, 11) is 0. The van der Waals surface area contributed by atoms with Crippen LogP contribution < -0.4 is 9.80 Å². The maximum atomic E-state index is 12.9. The van der Waals surface area contributed by atoms with E-state index in [0.29, 0.717) is 12.6 Å². The number of fused-ring (bicyclic) bond motifs is 1. The van der Waals surface area contributed by atoms with Crippen molar-refractivity contribution >= 4 is 23.1 Å². The Morgan fingerprint density at radius 3 is 2.50 bits per heavy atom.